The van der Waals surface area contributed by atoms with E-state index in [1.165, 1.54) is 11.3 Å². The summed E-state index contributed by atoms with van der Waals surface area (Å²) in [5.41, 5.74) is 0.479. The molecule has 2 fully saturated rings. The van der Waals surface area contributed by atoms with E-state index in [4.69, 9.17) is 15.9 Å². The van der Waals surface area contributed by atoms with Crippen LogP contribution in [0.3, 0.4) is 0 Å². The van der Waals surface area contributed by atoms with Gasteiger partial charge in [0.1, 0.15) is 5.69 Å². The van der Waals surface area contributed by atoms with Gasteiger partial charge in [-0.25, -0.2) is 9.78 Å². The van der Waals surface area contributed by atoms with Crippen LogP contribution in [0.25, 0.3) is 0 Å². The van der Waals surface area contributed by atoms with Crippen LogP contribution in [0, 0.1) is 12.3 Å². The minimum Gasteiger partial charge on any atom is -0.436 e. The van der Waals surface area contributed by atoms with Crippen LogP contribution in [0.2, 0.25) is 0 Å². The molecule has 0 aromatic carbocycles. The first-order valence-electron chi connectivity index (χ1n) is 10.1. The Labute approximate surface area is 175 Å². The van der Waals surface area contributed by atoms with Gasteiger partial charge in [0.25, 0.3) is 5.91 Å². The highest BCUT2D eigenvalue weighted by molar-refractivity contribution is 7.09. The number of hydrogen-bond acceptors (Lipinski definition) is 7. The Morgan fingerprint density at radius 2 is 2.07 bits per heavy atom. The van der Waals surface area contributed by atoms with Crippen molar-refractivity contribution in [2.24, 2.45) is 0 Å². The number of terminal acetylenes is 1. The number of aromatic nitrogens is 1. The molecular formula is C20H28N4O4S. The van der Waals surface area contributed by atoms with Gasteiger partial charge < -0.3 is 19.7 Å². The van der Waals surface area contributed by atoms with Crippen molar-refractivity contribution in [3.63, 3.8) is 0 Å². The molecule has 9 heteroatoms. The van der Waals surface area contributed by atoms with Gasteiger partial charge in [-0.3, -0.25) is 9.69 Å². The first kappa shape index (κ1) is 21.6. The van der Waals surface area contributed by atoms with Crippen molar-refractivity contribution in [3.05, 3.63) is 16.1 Å². The van der Waals surface area contributed by atoms with Crippen molar-refractivity contribution in [1.82, 2.24) is 20.1 Å². The number of nitrogens with zero attached hydrogens (tertiary/aromatic N) is 3. The zero-order chi connectivity index (χ0) is 20.5. The summed E-state index contributed by atoms with van der Waals surface area (Å²) < 4.78 is 10.3. The minimum atomic E-state index is -0.363. The average Bonchev–Trinajstić information content (AvgIpc) is 3.26. The summed E-state index contributed by atoms with van der Waals surface area (Å²) in [6.45, 7) is 6.32. The number of nitrogens with one attached hydrogen (secondary N) is 1. The Kier molecular flexibility index (Phi) is 8.28. The van der Waals surface area contributed by atoms with Crippen molar-refractivity contribution in [1.29, 1.82) is 0 Å². The number of rotatable bonds is 7. The van der Waals surface area contributed by atoms with E-state index in [1.807, 2.05) is 5.38 Å². The molecule has 0 saturated carbocycles. The molecular weight excluding hydrogens is 392 g/mol. The zero-order valence-electron chi connectivity index (χ0n) is 16.6. The Hall–Kier alpha value is -2.15. The first-order chi connectivity index (χ1) is 14.2. The maximum absolute atomic E-state index is 12.3. The predicted octanol–water partition coefficient (Wildman–Crippen LogP) is 1.54. The molecule has 0 aliphatic carbocycles. The number of ether oxygens (including phenoxy) is 2. The van der Waals surface area contributed by atoms with Gasteiger partial charge in [0.05, 0.1) is 18.2 Å². The molecule has 2 aliphatic heterocycles. The highest BCUT2D eigenvalue weighted by atomic mass is 32.1. The van der Waals surface area contributed by atoms with Gasteiger partial charge in [-0.2, -0.15) is 0 Å². The molecule has 2 amide bonds. The summed E-state index contributed by atoms with van der Waals surface area (Å²) >= 11 is 1.51. The van der Waals surface area contributed by atoms with Crippen LogP contribution < -0.4 is 5.32 Å². The second-order valence-corrected chi connectivity index (χ2v) is 8.04. The largest absolute Gasteiger partial charge is 0.436 e. The molecule has 158 valence electrons. The van der Waals surface area contributed by atoms with Gasteiger partial charge in [0, 0.05) is 44.0 Å². The van der Waals surface area contributed by atoms with Gasteiger partial charge in [0.15, 0.2) is 6.61 Å². The Balaban J connectivity index is 1.38. The third kappa shape index (κ3) is 6.42. The molecule has 1 aromatic rings. The molecule has 0 atom stereocenters. The van der Waals surface area contributed by atoms with Gasteiger partial charge in [-0.15, -0.1) is 17.8 Å². The molecule has 0 spiro atoms. The number of morpholine rings is 1. The predicted molar refractivity (Wildman–Crippen MR) is 110 cm³/mol. The van der Waals surface area contributed by atoms with Crippen LogP contribution in [-0.4, -0.2) is 85.9 Å². The molecule has 2 aliphatic rings. The highest BCUT2D eigenvalue weighted by Gasteiger charge is 2.27. The van der Waals surface area contributed by atoms with Crippen molar-refractivity contribution >= 4 is 23.3 Å². The number of carbonyl (C=O) groups is 2. The number of piperidine rings is 1. The molecule has 0 radical (unpaired) electrons. The lowest BCUT2D eigenvalue weighted by molar-refractivity contribution is 0.0374. The topological polar surface area (TPSA) is 84.0 Å². The van der Waals surface area contributed by atoms with Crippen molar-refractivity contribution in [2.75, 3.05) is 59.1 Å². The lowest BCUT2D eigenvalue weighted by Gasteiger charge is -2.30. The van der Waals surface area contributed by atoms with Gasteiger partial charge >= 0.3 is 6.09 Å². The number of thiazole rings is 1. The van der Waals surface area contributed by atoms with E-state index in [0.29, 0.717) is 25.3 Å². The summed E-state index contributed by atoms with van der Waals surface area (Å²) in [5, 5.41) is 5.74. The summed E-state index contributed by atoms with van der Waals surface area (Å²) in [5.74, 6) is 2.44. The van der Waals surface area contributed by atoms with Crippen LogP contribution >= 0.6 is 11.3 Å². The molecule has 3 rings (SSSR count). The van der Waals surface area contributed by atoms with Crippen LogP contribution in [0.5, 0.6) is 0 Å². The van der Waals surface area contributed by atoms with E-state index in [9.17, 15) is 9.59 Å². The fraction of sp³-hybridized carbons (Fsp3) is 0.650. The summed E-state index contributed by atoms with van der Waals surface area (Å²) in [4.78, 5) is 32.8. The van der Waals surface area contributed by atoms with Gasteiger partial charge in [0.2, 0.25) is 0 Å². The molecule has 8 nitrogen and oxygen atoms in total. The molecule has 2 saturated heterocycles. The fourth-order valence-electron chi connectivity index (χ4n) is 3.50. The molecule has 0 unspecified atom stereocenters. The molecule has 0 bridgehead atoms. The fourth-order valence-corrected chi connectivity index (χ4v) is 4.47. The monoisotopic (exact) mass is 420 g/mol. The number of carbonyl (C=O) groups excluding carboxylic acids is 2. The van der Waals surface area contributed by atoms with E-state index < -0.39 is 0 Å². The normalized spacial score (nSPS) is 18.2. The number of hydrogen-bond donors (Lipinski definition) is 1. The van der Waals surface area contributed by atoms with E-state index in [0.717, 1.165) is 57.1 Å². The van der Waals surface area contributed by atoms with Crippen LogP contribution in [-0.2, 0) is 9.47 Å². The van der Waals surface area contributed by atoms with Crippen LogP contribution in [0.4, 0.5) is 4.79 Å². The van der Waals surface area contributed by atoms with E-state index in [-0.39, 0.29) is 24.5 Å². The second-order valence-electron chi connectivity index (χ2n) is 7.15. The van der Waals surface area contributed by atoms with Gasteiger partial charge in [-0.05, 0) is 25.8 Å². The molecule has 1 aromatic heterocycles. The number of amides is 2. The third-order valence-corrected chi connectivity index (χ3v) is 6.18. The van der Waals surface area contributed by atoms with E-state index in [1.54, 1.807) is 4.90 Å². The maximum Gasteiger partial charge on any atom is 0.410 e. The molecule has 29 heavy (non-hydrogen) atoms. The summed E-state index contributed by atoms with van der Waals surface area (Å²) in [6, 6.07) is 0. The smallest absolute Gasteiger partial charge is 0.410 e. The SMILES string of the molecule is C#CCOC(=O)N1CCC(c2nc(C(=O)NCCCN3CCOCC3)cs2)CC1. The van der Waals surface area contributed by atoms with Crippen LogP contribution in [0.1, 0.15) is 40.7 Å². The van der Waals surface area contributed by atoms with Crippen molar-refractivity contribution in [3.8, 4) is 12.3 Å². The van der Waals surface area contributed by atoms with Gasteiger partial charge in [-0.1, -0.05) is 5.92 Å². The van der Waals surface area contributed by atoms with Crippen LogP contribution in [0.15, 0.2) is 5.38 Å². The third-order valence-electron chi connectivity index (χ3n) is 5.18. The highest BCUT2D eigenvalue weighted by Crippen LogP contribution is 2.30. The standard InChI is InChI=1S/C20H28N4O4S/c1-2-12-28-20(26)24-8-4-16(5-9-24)19-22-17(15-29-19)18(25)21-6-3-7-23-10-13-27-14-11-23/h1,15-16H,3-14H2,(H,21,25). The quantitative estimate of drug-likeness (QED) is 0.532. The maximum atomic E-state index is 12.3. The van der Waals surface area contributed by atoms with E-state index >= 15 is 0 Å². The Bertz CT molecular complexity index is 718. The molecule has 1 N–H and O–H groups in total. The van der Waals surface area contributed by atoms with Crippen molar-refractivity contribution in [2.45, 2.75) is 25.2 Å². The Morgan fingerprint density at radius 1 is 1.31 bits per heavy atom. The van der Waals surface area contributed by atoms with E-state index in [2.05, 4.69) is 21.1 Å². The van der Waals surface area contributed by atoms with Crippen molar-refractivity contribution < 1.29 is 19.1 Å². The first-order valence-corrected chi connectivity index (χ1v) is 10.9. The average molecular weight is 421 g/mol. The second kappa shape index (κ2) is 11.1. The minimum absolute atomic E-state index is 0.00381. The Morgan fingerprint density at radius 3 is 2.79 bits per heavy atom. The summed E-state index contributed by atoms with van der Waals surface area (Å²) in [7, 11) is 0. The number of likely N-dealkylation sites (tertiary alicyclic amines) is 1. The summed E-state index contributed by atoms with van der Waals surface area (Å²) in [6.07, 6.45) is 7.27. The molecule has 3 heterocycles. The lowest BCUT2D eigenvalue weighted by atomic mass is 9.98. The lowest BCUT2D eigenvalue weighted by Crippen LogP contribution is -2.38. The zero-order valence-corrected chi connectivity index (χ0v) is 17.4.